The summed E-state index contributed by atoms with van der Waals surface area (Å²) in [6.45, 7) is 0.421. The van der Waals surface area contributed by atoms with Gasteiger partial charge in [-0.1, -0.05) is 41.9 Å². The summed E-state index contributed by atoms with van der Waals surface area (Å²) < 4.78 is 7.82. The van der Waals surface area contributed by atoms with Gasteiger partial charge in [-0.25, -0.2) is 9.69 Å². The highest BCUT2D eigenvalue weighted by Gasteiger charge is 2.34. The van der Waals surface area contributed by atoms with Crippen molar-refractivity contribution in [3.05, 3.63) is 95.7 Å². The minimum absolute atomic E-state index is 0.232. The topological polar surface area (TPSA) is 58.6 Å². The van der Waals surface area contributed by atoms with Crippen molar-refractivity contribution in [2.75, 3.05) is 4.90 Å². The zero-order valence-electron chi connectivity index (χ0n) is 15.9. The number of amides is 3. The van der Waals surface area contributed by atoms with E-state index in [1.807, 2.05) is 42.5 Å². The normalized spacial score (nSPS) is 14.8. The molecule has 5 nitrogen and oxygen atoms in total. The lowest BCUT2D eigenvalue weighted by Gasteiger charge is -2.12. The molecule has 3 aromatic rings. The summed E-state index contributed by atoms with van der Waals surface area (Å²) in [7, 11) is 0. The lowest BCUT2D eigenvalue weighted by Crippen LogP contribution is -2.30. The van der Waals surface area contributed by atoms with E-state index in [-0.39, 0.29) is 11.6 Å². The van der Waals surface area contributed by atoms with Crippen molar-refractivity contribution in [3.63, 3.8) is 0 Å². The molecule has 0 radical (unpaired) electrons. The molecule has 1 saturated heterocycles. The number of benzene rings is 3. The molecule has 0 aromatic heterocycles. The van der Waals surface area contributed by atoms with Crippen molar-refractivity contribution >= 4 is 80.5 Å². The van der Waals surface area contributed by atoms with Gasteiger partial charge in [0.05, 0.1) is 12.8 Å². The highest BCUT2D eigenvalue weighted by atomic mass is 127. The molecule has 31 heavy (non-hydrogen) atoms. The number of nitrogens with one attached hydrogen (secondary N) is 1. The Morgan fingerprint density at radius 1 is 0.968 bits per heavy atom. The molecule has 3 amide bonds. The van der Waals surface area contributed by atoms with Crippen LogP contribution in [0.25, 0.3) is 6.08 Å². The third-order valence-electron chi connectivity index (χ3n) is 4.52. The fourth-order valence-electron chi connectivity index (χ4n) is 3.05. The fourth-order valence-corrected chi connectivity index (χ4v) is 5.30. The summed E-state index contributed by atoms with van der Waals surface area (Å²) in [5.74, 6) is 0.385. The Labute approximate surface area is 211 Å². The second kappa shape index (κ2) is 9.58. The number of carbonyl (C=O) groups excluding carboxylic acids is 2. The molecule has 0 bridgehead atoms. The number of hydrogen-bond donors (Lipinski definition) is 1. The molecule has 1 N–H and O–H groups in total. The number of ether oxygens (including phenoxy) is 1. The van der Waals surface area contributed by atoms with Crippen LogP contribution < -0.4 is 15.0 Å². The second-order valence-electron chi connectivity index (χ2n) is 6.69. The average molecular weight is 657 g/mol. The van der Waals surface area contributed by atoms with Crippen LogP contribution in [0.15, 0.2) is 72.4 Å². The van der Waals surface area contributed by atoms with Crippen LogP contribution in [0, 0.1) is 7.14 Å². The largest absolute Gasteiger partial charge is 0.487 e. The summed E-state index contributed by atoms with van der Waals surface area (Å²) in [5.41, 5.74) is 2.58. The predicted octanol–water partition coefficient (Wildman–Crippen LogP) is 6.23. The molecule has 0 aliphatic carbocycles. The van der Waals surface area contributed by atoms with Crippen LogP contribution in [0.3, 0.4) is 0 Å². The van der Waals surface area contributed by atoms with Crippen molar-refractivity contribution in [1.29, 1.82) is 0 Å². The monoisotopic (exact) mass is 656 g/mol. The zero-order chi connectivity index (χ0) is 22.0. The molecule has 8 heteroatoms. The third-order valence-corrected chi connectivity index (χ3v) is 6.38. The van der Waals surface area contributed by atoms with Crippen LogP contribution >= 0.6 is 56.8 Å². The van der Waals surface area contributed by atoms with E-state index in [0.29, 0.717) is 17.3 Å². The van der Waals surface area contributed by atoms with Crippen molar-refractivity contribution in [1.82, 2.24) is 5.32 Å². The summed E-state index contributed by atoms with van der Waals surface area (Å²) in [4.78, 5) is 26.2. The number of carbonyl (C=O) groups is 2. The fraction of sp³-hybridized carbons (Fsp3) is 0.0435. The Morgan fingerprint density at radius 2 is 1.61 bits per heavy atom. The molecule has 4 rings (SSSR count). The zero-order valence-corrected chi connectivity index (χ0v) is 21.0. The van der Waals surface area contributed by atoms with Gasteiger partial charge in [-0.3, -0.25) is 4.79 Å². The molecular formula is C23H15ClI2N2O3. The smallest absolute Gasteiger partial charge is 0.333 e. The second-order valence-corrected chi connectivity index (χ2v) is 9.45. The van der Waals surface area contributed by atoms with Crippen LogP contribution in [-0.2, 0) is 11.4 Å². The maximum Gasteiger partial charge on any atom is 0.333 e. The highest BCUT2D eigenvalue weighted by Crippen LogP contribution is 2.31. The van der Waals surface area contributed by atoms with Crippen LogP contribution in [0.2, 0.25) is 5.02 Å². The van der Waals surface area contributed by atoms with Crippen molar-refractivity contribution in [3.8, 4) is 5.75 Å². The highest BCUT2D eigenvalue weighted by molar-refractivity contribution is 14.1. The molecule has 0 spiro atoms. The van der Waals surface area contributed by atoms with Gasteiger partial charge in [0, 0.05) is 5.02 Å². The van der Waals surface area contributed by atoms with Gasteiger partial charge in [0.2, 0.25) is 0 Å². The lowest BCUT2D eigenvalue weighted by atomic mass is 10.1. The summed E-state index contributed by atoms with van der Waals surface area (Å²) in [6, 6.07) is 19.7. The maximum absolute atomic E-state index is 12.8. The molecule has 3 aromatic carbocycles. The van der Waals surface area contributed by atoms with Crippen LogP contribution in [0.4, 0.5) is 10.5 Å². The quantitative estimate of drug-likeness (QED) is 0.202. The molecular weight excluding hydrogens is 642 g/mol. The standard InChI is InChI=1S/C23H15ClI2N2O3/c24-16-8-6-14(7-9-16)13-31-21-18(25)10-15(11-19(21)26)12-20-22(29)28(23(30)27-20)17-4-2-1-3-5-17/h1-12H,13H2,(H,27,30)/b20-12+. The number of hydrogen-bond acceptors (Lipinski definition) is 3. The van der Waals surface area contributed by atoms with Crippen molar-refractivity contribution in [2.24, 2.45) is 0 Å². The minimum atomic E-state index is -0.463. The van der Waals surface area contributed by atoms with Gasteiger partial charge < -0.3 is 10.1 Å². The van der Waals surface area contributed by atoms with E-state index >= 15 is 0 Å². The average Bonchev–Trinajstić information content (AvgIpc) is 3.02. The van der Waals surface area contributed by atoms with Gasteiger partial charge in [-0.2, -0.15) is 0 Å². The number of rotatable bonds is 5. The Morgan fingerprint density at radius 3 is 2.26 bits per heavy atom. The number of anilines is 1. The Balaban J connectivity index is 1.54. The number of nitrogens with zero attached hydrogens (tertiary/aromatic N) is 1. The first kappa shape index (κ1) is 22.1. The predicted molar refractivity (Wildman–Crippen MR) is 138 cm³/mol. The van der Waals surface area contributed by atoms with Gasteiger partial charge in [0.1, 0.15) is 18.1 Å². The summed E-state index contributed by atoms with van der Waals surface area (Å²) >= 11 is 10.3. The molecule has 156 valence electrons. The Hall–Kier alpha value is -2.11. The molecule has 1 aliphatic rings. The Kier molecular flexibility index (Phi) is 6.83. The first-order valence-electron chi connectivity index (χ1n) is 9.21. The number of imide groups is 1. The van der Waals surface area contributed by atoms with E-state index in [9.17, 15) is 9.59 Å². The van der Waals surface area contributed by atoms with E-state index < -0.39 is 6.03 Å². The summed E-state index contributed by atoms with van der Waals surface area (Å²) in [6.07, 6.45) is 1.68. The lowest BCUT2D eigenvalue weighted by molar-refractivity contribution is -0.113. The van der Waals surface area contributed by atoms with E-state index in [2.05, 4.69) is 50.5 Å². The Bertz CT molecular complexity index is 1160. The number of halogens is 3. The molecule has 0 atom stereocenters. The summed E-state index contributed by atoms with van der Waals surface area (Å²) in [5, 5.41) is 3.34. The van der Waals surface area contributed by atoms with E-state index in [4.69, 9.17) is 16.3 Å². The van der Waals surface area contributed by atoms with Gasteiger partial charge in [-0.05, 0) is 98.8 Å². The van der Waals surface area contributed by atoms with Gasteiger partial charge in [-0.15, -0.1) is 0 Å². The third kappa shape index (κ3) is 5.04. The van der Waals surface area contributed by atoms with Gasteiger partial charge in [0.15, 0.2) is 0 Å². The molecule has 1 fully saturated rings. The molecule has 0 unspecified atom stereocenters. The van der Waals surface area contributed by atoms with E-state index in [1.54, 1.807) is 30.3 Å². The van der Waals surface area contributed by atoms with Gasteiger partial charge >= 0.3 is 6.03 Å². The van der Waals surface area contributed by atoms with Crippen molar-refractivity contribution in [2.45, 2.75) is 6.61 Å². The minimum Gasteiger partial charge on any atom is -0.487 e. The van der Waals surface area contributed by atoms with Crippen LogP contribution in [0.1, 0.15) is 11.1 Å². The van der Waals surface area contributed by atoms with Crippen LogP contribution in [0.5, 0.6) is 5.75 Å². The van der Waals surface area contributed by atoms with Crippen LogP contribution in [-0.4, -0.2) is 11.9 Å². The van der Waals surface area contributed by atoms with Crippen molar-refractivity contribution < 1.29 is 14.3 Å². The molecule has 1 heterocycles. The van der Waals surface area contributed by atoms with Gasteiger partial charge in [0.25, 0.3) is 5.91 Å². The van der Waals surface area contributed by atoms with E-state index in [1.165, 1.54) is 0 Å². The number of para-hydroxylation sites is 1. The number of urea groups is 1. The molecule has 1 aliphatic heterocycles. The SMILES string of the molecule is O=C1N/C(=C/c2cc(I)c(OCc3ccc(Cl)cc3)c(I)c2)C(=O)N1c1ccccc1. The maximum atomic E-state index is 12.8. The first-order chi connectivity index (χ1) is 14.9. The molecule has 0 saturated carbocycles. The first-order valence-corrected chi connectivity index (χ1v) is 11.7. The van der Waals surface area contributed by atoms with E-state index in [0.717, 1.165) is 28.9 Å².